The molecule has 0 aliphatic carbocycles. The van der Waals surface area contributed by atoms with Crippen LogP contribution in [0, 0.1) is 13.8 Å². The number of likely N-dealkylation sites (N-methyl/N-ethyl adjacent to an activating group) is 1. The van der Waals surface area contributed by atoms with Crippen molar-refractivity contribution < 1.29 is 0 Å². The molecule has 0 saturated heterocycles. The third-order valence-electron chi connectivity index (χ3n) is 3.20. The largest absolute Gasteiger partial charge is 0.316 e. The Labute approximate surface area is 128 Å². The minimum atomic E-state index is 0.252. The van der Waals surface area contributed by atoms with Crippen molar-refractivity contribution in [2.24, 2.45) is 0 Å². The molecule has 0 aliphatic heterocycles. The average molecular weight is 295 g/mol. The van der Waals surface area contributed by atoms with Crippen LogP contribution in [0.15, 0.2) is 0 Å². The lowest BCUT2D eigenvalue weighted by Gasteiger charge is -2.19. The second kappa shape index (κ2) is 7.41. The molecular formula is C16H29N3S. The molecule has 1 rings (SSSR count). The molecule has 3 nitrogen and oxygen atoms in total. The summed E-state index contributed by atoms with van der Waals surface area (Å²) in [5, 5.41) is 3.40. The van der Waals surface area contributed by atoms with Gasteiger partial charge in [-0.3, -0.25) is 0 Å². The average Bonchev–Trinajstić information content (AvgIpc) is 2.32. The van der Waals surface area contributed by atoms with Crippen LogP contribution in [0.5, 0.6) is 0 Å². The number of hydrogen-bond acceptors (Lipinski definition) is 4. The van der Waals surface area contributed by atoms with Crippen LogP contribution in [0.1, 0.15) is 63.3 Å². The molecule has 0 aromatic carbocycles. The molecular weight excluding hydrogens is 266 g/mol. The smallest absolute Gasteiger partial charge is 0.138 e. The van der Waals surface area contributed by atoms with E-state index in [0.717, 1.165) is 36.1 Å². The van der Waals surface area contributed by atoms with Crippen LogP contribution in [0.2, 0.25) is 0 Å². The van der Waals surface area contributed by atoms with E-state index in [9.17, 15) is 0 Å². The van der Waals surface area contributed by atoms with Crippen molar-refractivity contribution in [1.82, 2.24) is 15.3 Å². The van der Waals surface area contributed by atoms with E-state index in [0.29, 0.717) is 5.92 Å². The van der Waals surface area contributed by atoms with Gasteiger partial charge in [-0.05, 0) is 31.9 Å². The molecule has 4 heteroatoms. The van der Waals surface area contributed by atoms with Crippen LogP contribution in [-0.4, -0.2) is 27.8 Å². The van der Waals surface area contributed by atoms with E-state index in [1.807, 2.05) is 11.8 Å². The van der Waals surface area contributed by atoms with E-state index in [-0.39, 0.29) is 4.75 Å². The number of aryl methyl sites for hydroxylation is 2. The Kier molecular flexibility index (Phi) is 6.46. The SMILES string of the molecule is CCNCC(C)c1c(C)nc(CSC(C)(C)C)nc1C. The lowest BCUT2D eigenvalue weighted by atomic mass is 9.98. The van der Waals surface area contributed by atoms with Gasteiger partial charge in [0.2, 0.25) is 0 Å². The van der Waals surface area contributed by atoms with E-state index >= 15 is 0 Å². The summed E-state index contributed by atoms with van der Waals surface area (Å²) < 4.78 is 0.252. The van der Waals surface area contributed by atoms with Gasteiger partial charge in [-0.2, -0.15) is 0 Å². The summed E-state index contributed by atoms with van der Waals surface area (Å²) in [6.45, 7) is 17.3. The summed E-state index contributed by atoms with van der Waals surface area (Å²) in [5.74, 6) is 2.30. The second-order valence-corrected chi connectivity index (χ2v) is 8.14. The molecule has 1 heterocycles. The summed E-state index contributed by atoms with van der Waals surface area (Å²) >= 11 is 1.89. The van der Waals surface area contributed by atoms with Gasteiger partial charge in [-0.25, -0.2) is 9.97 Å². The fourth-order valence-corrected chi connectivity index (χ4v) is 3.01. The van der Waals surface area contributed by atoms with Gasteiger partial charge in [0.05, 0.1) is 5.75 Å². The normalized spacial score (nSPS) is 13.6. The van der Waals surface area contributed by atoms with Crippen molar-refractivity contribution in [2.75, 3.05) is 13.1 Å². The molecule has 0 spiro atoms. The second-order valence-electron chi connectivity index (χ2n) is 6.33. The molecule has 0 amide bonds. The summed E-state index contributed by atoms with van der Waals surface area (Å²) in [6.07, 6.45) is 0. The number of aromatic nitrogens is 2. The third-order valence-corrected chi connectivity index (χ3v) is 4.47. The summed E-state index contributed by atoms with van der Waals surface area (Å²) in [6, 6.07) is 0. The topological polar surface area (TPSA) is 37.8 Å². The van der Waals surface area contributed by atoms with Crippen LogP contribution in [0.3, 0.4) is 0 Å². The van der Waals surface area contributed by atoms with Gasteiger partial charge in [0.15, 0.2) is 0 Å². The van der Waals surface area contributed by atoms with E-state index in [2.05, 4.69) is 53.8 Å². The van der Waals surface area contributed by atoms with Crippen LogP contribution in [0.4, 0.5) is 0 Å². The Bertz CT molecular complexity index is 415. The first-order valence-electron chi connectivity index (χ1n) is 7.43. The van der Waals surface area contributed by atoms with Gasteiger partial charge < -0.3 is 5.32 Å². The van der Waals surface area contributed by atoms with Crippen LogP contribution in [0.25, 0.3) is 0 Å². The Balaban J connectivity index is 2.86. The van der Waals surface area contributed by atoms with Crippen LogP contribution >= 0.6 is 11.8 Å². The fourth-order valence-electron chi connectivity index (χ4n) is 2.32. The quantitative estimate of drug-likeness (QED) is 0.865. The van der Waals surface area contributed by atoms with Crippen LogP contribution in [-0.2, 0) is 5.75 Å². The first-order valence-corrected chi connectivity index (χ1v) is 8.41. The van der Waals surface area contributed by atoms with E-state index in [4.69, 9.17) is 9.97 Å². The highest BCUT2D eigenvalue weighted by molar-refractivity contribution is 7.99. The van der Waals surface area contributed by atoms with E-state index in [1.165, 1.54) is 5.56 Å². The molecule has 1 aromatic rings. The molecule has 0 fully saturated rings. The lowest BCUT2D eigenvalue weighted by molar-refractivity contribution is 0.623. The standard InChI is InChI=1S/C16H29N3S/c1-8-17-9-11(2)15-12(3)18-14(19-13(15)4)10-20-16(5,6)7/h11,17H,8-10H2,1-7H3. The minimum Gasteiger partial charge on any atom is -0.316 e. The van der Waals surface area contributed by atoms with Gasteiger partial charge in [-0.1, -0.05) is 34.6 Å². The third kappa shape index (κ3) is 5.41. The monoisotopic (exact) mass is 295 g/mol. The van der Waals surface area contributed by atoms with Gasteiger partial charge in [0, 0.05) is 22.7 Å². The van der Waals surface area contributed by atoms with Crippen molar-refractivity contribution in [3.05, 3.63) is 22.8 Å². The van der Waals surface area contributed by atoms with E-state index in [1.54, 1.807) is 0 Å². The van der Waals surface area contributed by atoms with Gasteiger partial charge in [0.25, 0.3) is 0 Å². The summed E-state index contributed by atoms with van der Waals surface area (Å²) in [4.78, 5) is 9.41. The summed E-state index contributed by atoms with van der Waals surface area (Å²) in [5.41, 5.74) is 3.57. The minimum absolute atomic E-state index is 0.252. The summed E-state index contributed by atoms with van der Waals surface area (Å²) in [7, 11) is 0. The number of nitrogens with zero attached hydrogens (tertiary/aromatic N) is 2. The zero-order valence-electron chi connectivity index (χ0n) is 14.0. The maximum Gasteiger partial charge on any atom is 0.138 e. The Morgan fingerprint density at radius 1 is 1.15 bits per heavy atom. The van der Waals surface area contributed by atoms with Gasteiger partial charge >= 0.3 is 0 Å². The number of rotatable bonds is 6. The molecule has 0 radical (unpaired) electrons. The molecule has 1 atom stereocenters. The fraction of sp³-hybridized carbons (Fsp3) is 0.750. The van der Waals surface area contributed by atoms with Gasteiger partial charge in [-0.15, -0.1) is 11.8 Å². The number of hydrogen-bond donors (Lipinski definition) is 1. The number of thioether (sulfide) groups is 1. The highest BCUT2D eigenvalue weighted by Crippen LogP contribution is 2.27. The maximum atomic E-state index is 4.71. The van der Waals surface area contributed by atoms with Gasteiger partial charge in [0.1, 0.15) is 5.82 Å². The molecule has 0 aliphatic rings. The molecule has 1 N–H and O–H groups in total. The van der Waals surface area contributed by atoms with Crippen molar-refractivity contribution in [3.63, 3.8) is 0 Å². The zero-order valence-corrected chi connectivity index (χ0v) is 14.8. The Morgan fingerprint density at radius 3 is 2.15 bits per heavy atom. The first-order chi connectivity index (χ1) is 9.24. The lowest BCUT2D eigenvalue weighted by Crippen LogP contribution is -2.21. The van der Waals surface area contributed by atoms with Crippen molar-refractivity contribution in [2.45, 2.75) is 64.9 Å². The van der Waals surface area contributed by atoms with Crippen molar-refractivity contribution in [1.29, 1.82) is 0 Å². The molecule has 114 valence electrons. The van der Waals surface area contributed by atoms with E-state index < -0.39 is 0 Å². The zero-order chi connectivity index (χ0) is 15.3. The predicted molar refractivity (Wildman–Crippen MR) is 89.5 cm³/mol. The highest BCUT2D eigenvalue weighted by Gasteiger charge is 2.16. The maximum absolute atomic E-state index is 4.71. The molecule has 0 bridgehead atoms. The molecule has 1 aromatic heterocycles. The van der Waals surface area contributed by atoms with Crippen molar-refractivity contribution >= 4 is 11.8 Å². The Morgan fingerprint density at radius 2 is 1.70 bits per heavy atom. The van der Waals surface area contributed by atoms with Crippen LogP contribution < -0.4 is 5.32 Å². The number of nitrogens with one attached hydrogen (secondary N) is 1. The molecule has 1 unspecified atom stereocenters. The molecule has 20 heavy (non-hydrogen) atoms. The molecule has 0 saturated carbocycles. The predicted octanol–water partition coefficient (Wildman–Crippen LogP) is 3.84. The first kappa shape index (κ1) is 17.4. The van der Waals surface area contributed by atoms with Crippen molar-refractivity contribution in [3.8, 4) is 0 Å². The highest BCUT2D eigenvalue weighted by atomic mass is 32.2. The Hall–Kier alpha value is -0.610.